The molecule has 4 amide bonds. The van der Waals surface area contributed by atoms with Crippen LogP contribution in [0.3, 0.4) is 0 Å². The molecular formula is C24H31N5O5S. The van der Waals surface area contributed by atoms with Gasteiger partial charge in [0.05, 0.1) is 13.2 Å². The van der Waals surface area contributed by atoms with Crippen LogP contribution in [0.1, 0.15) is 29.8 Å². The van der Waals surface area contributed by atoms with Gasteiger partial charge in [-0.05, 0) is 49.4 Å². The zero-order valence-corrected chi connectivity index (χ0v) is 20.9. The molecular weight excluding hydrogens is 470 g/mol. The van der Waals surface area contributed by atoms with Crippen LogP contribution in [-0.4, -0.2) is 71.8 Å². The predicted molar refractivity (Wildman–Crippen MR) is 133 cm³/mol. The first-order valence-electron chi connectivity index (χ1n) is 11.3. The van der Waals surface area contributed by atoms with Crippen LogP contribution < -0.4 is 16.0 Å². The van der Waals surface area contributed by atoms with Gasteiger partial charge in [0.1, 0.15) is 11.7 Å². The molecule has 1 saturated heterocycles. The first kappa shape index (κ1) is 26.1. The van der Waals surface area contributed by atoms with E-state index in [1.54, 1.807) is 47.8 Å². The molecule has 35 heavy (non-hydrogen) atoms. The standard InChI is InChI=1S/C24H31N5O5S/c1-28-13-6-9-19(28)23(32)29-14-11-18(21(29)22(31)25-12-5-10-20(30)34-2)27-24(33)26-16-7-4-8-17(15-16)35-3/h4,6-9,13,15,18,21H,5,10-12,14H2,1-3H3,(H,25,31)(H2,26,27,33). The molecule has 0 radical (unpaired) electrons. The number of nitrogens with zero attached hydrogens (tertiary/aromatic N) is 2. The van der Waals surface area contributed by atoms with E-state index in [0.29, 0.717) is 30.8 Å². The number of carbonyl (C=O) groups is 4. The van der Waals surface area contributed by atoms with Gasteiger partial charge in [0.25, 0.3) is 5.91 Å². The van der Waals surface area contributed by atoms with Gasteiger partial charge in [-0.2, -0.15) is 0 Å². The molecule has 1 aromatic heterocycles. The predicted octanol–water partition coefficient (Wildman–Crippen LogP) is 2.22. The summed E-state index contributed by atoms with van der Waals surface area (Å²) in [5.74, 6) is -1.03. The lowest BCUT2D eigenvalue weighted by atomic mass is 10.1. The lowest BCUT2D eigenvalue weighted by molar-refractivity contribution is -0.140. The van der Waals surface area contributed by atoms with Crippen molar-refractivity contribution in [3.8, 4) is 0 Å². The van der Waals surface area contributed by atoms with Gasteiger partial charge >= 0.3 is 12.0 Å². The highest BCUT2D eigenvalue weighted by atomic mass is 32.2. The normalized spacial score (nSPS) is 17.1. The van der Waals surface area contributed by atoms with Crippen molar-refractivity contribution in [2.24, 2.45) is 7.05 Å². The number of benzene rings is 1. The minimum Gasteiger partial charge on any atom is -0.469 e. The van der Waals surface area contributed by atoms with E-state index in [1.807, 2.05) is 24.5 Å². The molecule has 1 fully saturated rings. The van der Waals surface area contributed by atoms with Crippen molar-refractivity contribution in [1.82, 2.24) is 20.1 Å². The summed E-state index contributed by atoms with van der Waals surface area (Å²) in [7, 11) is 3.07. The van der Waals surface area contributed by atoms with Crippen molar-refractivity contribution in [2.45, 2.75) is 36.2 Å². The average molecular weight is 502 g/mol. The number of hydrogen-bond acceptors (Lipinski definition) is 6. The molecule has 1 aliphatic heterocycles. The summed E-state index contributed by atoms with van der Waals surface area (Å²) in [5, 5.41) is 8.46. The smallest absolute Gasteiger partial charge is 0.319 e. The van der Waals surface area contributed by atoms with E-state index in [-0.39, 0.29) is 30.7 Å². The van der Waals surface area contributed by atoms with Crippen molar-refractivity contribution < 1.29 is 23.9 Å². The van der Waals surface area contributed by atoms with Crippen LogP contribution in [0.25, 0.3) is 0 Å². The Balaban J connectivity index is 1.71. The number of hydrogen-bond donors (Lipinski definition) is 3. The van der Waals surface area contributed by atoms with Crippen molar-refractivity contribution >= 4 is 41.3 Å². The SMILES string of the molecule is COC(=O)CCCNC(=O)C1C(NC(=O)Nc2cccc(SC)c2)CCN1C(=O)c1cccn1C. The summed E-state index contributed by atoms with van der Waals surface area (Å²) in [6.45, 7) is 0.564. The number of aromatic nitrogens is 1. The van der Waals surface area contributed by atoms with Crippen LogP contribution in [0.15, 0.2) is 47.5 Å². The maximum atomic E-state index is 13.2. The summed E-state index contributed by atoms with van der Waals surface area (Å²) < 4.78 is 6.31. The Hall–Kier alpha value is -3.47. The van der Waals surface area contributed by atoms with Crippen LogP contribution in [-0.2, 0) is 21.4 Å². The van der Waals surface area contributed by atoms with Crippen molar-refractivity contribution in [3.63, 3.8) is 0 Å². The second kappa shape index (κ2) is 12.3. The van der Waals surface area contributed by atoms with Gasteiger partial charge in [0, 0.05) is 43.3 Å². The van der Waals surface area contributed by atoms with Crippen LogP contribution in [0.2, 0.25) is 0 Å². The van der Waals surface area contributed by atoms with Gasteiger partial charge in [-0.1, -0.05) is 6.07 Å². The molecule has 0 bridgehead atoms. The highest BCUT2D eigenvalue weighted by Gasteiger charge is 2.43. The highest BCUT2D eigenvalue weighted by molar-refractivity contribution is 7.98. The van der Waals surface area contributed by atoms with E-state index in [2.05, 4.69) is 20.7 Å². The number of likely N-dealkylation sites (tertiary alicyclic amines) is 1. The molecule has 0 saturated carbocycles. The first-order valence-corrected chi connectivity index (χ1v) is 12.5. The maximum Gasteiger partial charge on any atom is 0.319 e. The van der Waals surface area contributed by atoms with Crippen LogP contribution in [0.4, 0.5) is 10.5 Å². The molecule has 0 aliphatic carbocycles. The Morgan fingerprint density at radius 3 is 2.66 bits per heavy atom. The van der Waals surface area contributed by atoms with E-state index in [4.69, 9.17) is 0 Å². The summed E-state index contributed by atoms with van der Waals surface area (Å²) in [5.41, 5.74) is 1.08. The largest absolute Gasteiger partial charge is 0.469 e. The van der Waals surface area contributed by atoms with E-state index < -0.39 is 18.1 Å². The fourth-order valence-electron chi connectivity index (χ4n) is 4.01. The van der Waals surface area contributed by atoms with Crippen molar-refractivity contribution in [3.05, 3.63) is 48.3 Å². The molecule has 3 N–H and O–H groups in total. The summed E-state index contributed by atoms with van der Waals surface area (Å²) in [4.78, 5) is 53.0. The Labute approximate surface area is 208 Å². The van der Waals surface area contributed by atoms with Crippen molar-refractivity contribution in [2.75, 3.05) is 31.8 Å². The molecule has 2 atom stereocenters. The minimum absolute atomic E-state index is 0.173. The summed E-state index contributed by atoms with van der Waals surface area (Å²) in [6.07, 6.45) is 4.71. The molecule has 0 spiro atoms. The number of urea groups is 1. The number of esters is 1. The fraction of sp³-hybridized carbons (Fsp3) is 0.417. The third kappa shape index (κ3) is 6.78. The van der Waals surface area contributed by atoms with Gasteiger partial charge < -0.3 is 30.2 Å². The molecule has 188 valence electrons. The number of nitrogens with one attached hydrogen (secondary N) is 3. The number of methoxy groups -OCH3 is 1. The van der Waals surface area contributed by atoms with Gasteiger partial charge in [0.15, 0.2) is 0 Å². The second-order valence-corrected chi connectivity index (χ2v) is 9.02. The molecule has 2 heterocycles. The third-order valence-electron chi connectivity index (χ3n) is 5.82. The average Bonchev–Trinajstić information content (AvgIpc) is 3.47. The number of thioether (sulfide) groups is 1. The number of carbonyl (C=O) groups excluding carboxylic acids is 4. The third-order valence-corrected chi connectivity index (χ3v) is 6.54. The van der Waals surface area contributed by atoms with Gasteiger partial charge in [-0.25, -0.2) is 4.79 Å². The van der Waals surface area contributed by atoms with Crippen LogP contribution in [0, 0.1) is 0 Å². The van der Waals surface area contributed by atoms with E-state index in [1.165, 1.54) is 12.0 Å². The van der Waals surface area contributed by atoms with Gasteiger partial charge in [-0.3, -0.25) is 14.4 Å². The number of aryl methyl sites for hydroxylation is 1. The van der Waals surface area contributed by atoms with Gasteiger partial charge in [-0.15, -0.1) is 11.8 Å². The van der Waals surface area contributed by atoms with Crippen LogP contribution >= 0.6 is 11.8 Å². The van der Waals surface area contributed by atoms with Crippen molar-refractivity contribution in [1.29, 1.82) is 0 Å². The summed E-state index contributed by atoms with van der Waals surface area (Å²) >= 11 is 1.56. The first-order chi connectivity index (χ1) is 16.8. The number of ether oxygens (including phenoxy) is 1. The zero-order valence-electron chi connectivity index (χ0n) is 20.1. The number of rotatable bonds is 9. The van der Waals surface area contributed by atoms with Gasteiger partial charge in [0.2, 0.25) is 5.91 Å². The topological polar surface area (TPSA) is 122 Å². The molecule has 3 rings (SSSR count). The quantitative estimate of drug-likeness (QED) is 0.275. The number of anilines is 1. The van der Waals surface area contributed by atoms with Crippen LogP contribution in [0.5, 0.6) is 0 Å². The molecule has 2 aromatic rings. The highest BCUT2D eigenvalue weighted by Crippen LogP contribution is 2.23. The van der Waals surface area contributed by atoms with E-state index in [0.717, 1.165) is 4.90 Å². The van der Waals surface area contributed by atoms with E-state index in [9.17, 15) is 19.2 Å². The lowest BCUT2D eigenvalue weighted by Crippen LogP contribution is -2.55. The molecule has 2 unspecified atom stereocenters. The number of amides is 4. The lowest BCUT2D eigenvalue weighted by Gasteiger charge is -2.28. The summed E-state index contributed by atoms with van der Waals surface area (Å²) in [6, 6.07) is 8.96. The Bertz CT molecular complexity index is 1070. The van der Waals surface area contributed by atoms with E-state index >= 15 is 0 Å². The Kier molecular flexibility index (Phi) is 9.18. The molecule has 10 nitrogen and oxygen atoms in total. The Morgan fingerprint density at radius 2 is 1.97 bits per heavy atom. The monoisotopic (exact) mass is 501 g/mol. The fourth-order valence-corrected chi connectivity index (χ4v) is 4.47. The molecule has 1 aromatic carbocycles. The minimum atomic E-state index is -0.890. The Morgan fingerprint density at radius 1 is 1.17 bits per heavy atom. The zero-order chi connectivity index (χ0) is 25.4. The molecule has 1 aliphatic rings. The molecule has 11 heteroatoms. The second-order valence-electron chi connectivity index (χ2n) is 8.14. The maximum absolute atomic E-state index is 13.2.